The first kappa shape index (κ1) is 20.4. The average Bonchev–Trinajstić information content (AvgIpc) is 2.69. The monoisotopic (exact) mass is 456 g/mol. The van der Waals surface area contributed by atoms with E-state index in [1.807, 2.05) is 37.3 Å². The summed E-state index contributed by atoms with van der Waals surface area (Å²) in [7, 11) is 0. The van der Waals surface area contributed by atoms with Crippen molar-refractivity contribution in [2.24, 2.45) is 0 Å². The fourth-order valence-electron chi connectivity index (χ4n) is 2.45. The number of hydrogen-bond donors (Lipinski definition) is 2. The van der Waals surface area contributed by atoms with Gasteiger partial charge in [0, 0.05) is 16.7 Å². The highest BCUT2D eigenvalue weighted by molar-refractivity contribution is 9.10. The van der Waals surface area contributed by atoms with Crippen LogP contribution in [0.2, 0.25) is 0 Å². The van der Waals surface area contributed by atoms with Crippen LogP contribution in [0, 0.1) is 13.8 Å². The second-order valence-corrected chi connectivity index (χ2v) is 8.25. The van der Waals surface area contributed by atoms with Gasteiger partial charge in [0.1, 0.15) is 10.8 Å². The Bertz CT molecular complexity index is 946. The van der Waals surface area contributed by atoms with Crippen LogP contribution in [0.3, 0.4) is 0 Å². The molecule has 2 N–H and O–H groups in total. The van der Waals surface area contributed by atoms with Gasteiger partial charge < -0.3 is 10.6 Å². The molecule has 0 aliphatic heterocycles. The third kappa shape index (κ3) is 6.07. The number of halogens is 1. The maximum absolute atomic E-state index is 12.1. The maximum Gasteiger partial charge on any atom is 0.234 e. The summed E-state index contributed by atoms with van der Waals surface area (Å²) < 4.78 is 1.02. The number of carbonyl (C=O) groups is 1. The van der Waals surface area contributed by atoms with Gasteiger partial charge >= 0.3 is 0 Å². The first-order chi connectivity index (χ1) is 13.5. The molecule has 1 amide bonds. The summed E-state index contributed by atoms with van der Waals surface area (Å²) in [6.07, 6.45) is 0. The second-order valence-electron chi connectivity index (χ2n) is 6.40. The number of thioether (sulfide) groups is 1. The lowest BCUT2D eigenvalue weighted by Gasteiger charge is -2.08. The highest BCUT2D eigenvalue weighted by Crippen LogP contribution is 2.21. The molecule has 5 nitrogen and oxygen atoms in total. The summed E-state index contributed by atoms with van der Waals surface area (Å²) in [5, 5.41) is 15.2. The number of hydrogen-bond acceptors (Lipinski definition) is 5. The standard InChI is InChI=1S/C21H21BrN4OS/c1-14-3-5-16(6-4-14)12-23-19-9-10-21(26-25-19)28-13-20(27)24-17-7-8-18(22)15(2)11-17/h3-11H,12-13H2,1-2H3,(H,23,25)(H,24,27). The molecule has 0 radical (unpaired) electrons. The minimum absolute atomic E-state index is 0.0740. The molecule has 2 aromatic carbocycles. The lowest BCUT2D eigenvalue weighted by Crippen LogP contribution is -2.14. The van der Waals surface area contributed by atoms with Crippen molar-refractivity contribution in [1.29, 1.82) is 0 Å². The van der Waals surface area contributed by atoms with Crippen molar-refractivity contribution in [3.8, 4) is 0 Å². The molecule has 3 rings (SSSR count). The molecule has 144 valence electrons. The summed E-state index contributed by atoms with van der Waals surface area (Å²) >= 11 is 4.81. The summed E-state index contributed by atoms with van der Waals surface area (Å²) in [5.41, 5.74) is 4.29. The van der Waals surface area contributed by atoms with Crippen molar-refractivity contribution in [1.82, 2.24) is 10.2 Å². The van der Waals surface area contributed by atoms with E-state index in [1.165, 1.54) is 22.9 Å². The van der Waals surface area contributed by atoms with Crippen LogP contribution >= 0.6 is 27.7 Å². The SMILES string of the molecule is Cc1ccc(CNc2ccc(SCC(=O)Nc3ccc(Br)c(C)c3)nn2)cc1. The minimum atomic E-state index is -0.0740. The van der Waals surface area contributed by atoms with Crippen molar-refractivity contribution in [3.05, 3.63) is 75.8 Å². The number of aryl methyl sites for hydroxylation is 2. The van der Waals surface area contributed by atoms with Crippen LogP contribution < -0.4 is 10.6 Å². The number of benzene rings is 2. The summed E-state index contributed by atoms with van der Waals surface area (Å²) in [6.45, 7) is 4.74. The van der Waals surface area contributed by atoms with Gasteiger partial charge in [-0.2, -0.15) is 0 Å². The van der Waals surface area contributed by atoms with E-state index in [2.05, 4.69) is 68.0 Å². The number of carbonyl (C=O) groups excluding carboxylic acids is 1. The van der Waals surface area contributed by atoms with E-state index in [0.717, 1.165) is 15.7 Å². The van der Waals surface area contributed by atoms with E-state index in [9.17, 15) is 4.79 Å². The number of anilines is 2. The zero-order valence-corrected chi connectivity index (χ0v) is 18.1. The molecular weight excluding hydrogens is 436 g/mol. The Morgan fingerprint density at radius 1 is 1.04 bits per heavy atom. The fourth-order valence-corrected chi connectivity index (χ4v) is 3.31. The smallest absolute Gasteiger partial charge is 0.234 e. The molecule has 0 spiro atoms. The summed E-state index contributed by atoms with van der Waals surface area (Å²) in [5.74, 6) is 0.912. The highest BCUT2D eigenvalue weighted by Gasteiger charge is 2.06. The summed E-state index contributed by atoms with van der Waals surface area (Å²) in [4.78, 5) is 12.1. The molecule has 0 aliphatic carbocycles. The molecule has 0 saturated carbocycles. The Morgan fingerprint density at radius 2 is 1.82 bits per heavy atom. The molecule has 3 aromatic rings. The zero-order chi connectivity index (χ0) is 19.9. The van der Waals surface area contributed by atoms with Crippen LogP contribution in [0.1, 0.15) is 16.7 Å². The Hall–Kier alpha value is -2.38. The van der Waals surface area contributed by atoms with E-state index >= 15 is 0 Å². The van der Waals surface area contributed by atoms with Gasteiger partial charge in [-0.1, -0.05) is 57.5 Å². The number of nitrogens with zero attached hydrogens (tertiary/aromatic N) is 2. The van der Waals surface area contributed by atoms with Gasteiger partial charge in [-0.05, 0) is 55.3 Å². The lowest BCUT2D eigenvalue weighted by atomic mass is 10.1. The normalized spacial score (nSPS) is 10.5. The van der Waals surface area contributed by atoms with Crippen molar-refractivity contribution < 1.29 is 4.79 Å². The number of rotatable bonds is 7. The van der Waals surface area contributed by atoms with Gasteiger partial charge in [-0.15, -0.1) is 10.2 Å². The van der Waals surface area contributed by atoms with Gasteiger partial charge in [0.25, 0.3) is 0 Å². The van der Waals surface area contributed by atoms with E-state index in [-0.39, 0.29) is 11.7 Å². The molecule has 0 saturated heterocycles. The van der Waals surface area contributed by atoms with Gasteiger partial charge in [-0.25, -0.2) is 0 Å². The molecule has 0 fully saturated rings. The Balaban J connectivity index is 1.46. The second kappa shape index (κ2) is 9.71. The Morgan fingerprint density at radius 3 is 2.50 bits per heavy atom. The lowest BCUT2D eigenvalue weighted by molar-refractivity contribution is -0.113. The van der Waals surface area contributed by atoms with Crippen molar-refractivity contribution in [2.45, 2.75) is 25.4 Å². The topological polar surface area (TPSA) is 66.9 Å². The molecule has 0 unspecified atom stereocenters. The third-order valence-electron chi connectivity index (χ3n) is 4.03. The van der Waals surface area contributed by atoms with Crippen LogP contribution in [0.5, 0.6) is 0 Å². The quantitative estimate of drug-likeness (QED) is 0.478. The number of aromatic nitrogens is 2. The van der Waals surface area contributed by atoms with Crippen molar-refractivity contribution in [3.63, 3.8) is 0 Å². The average molecular weight is 457 g/mol. The molecule has 0 atom stereocenters. The number of amides is 1. The Labute approximate surface area is 177 Å². The molecular formula is C21H21BrN4OS. The predicted molar refractivity (Wildman–Crippen MR) is 119 cm³/mol. The van der Waals surface area contributed by atoms with Crippen LogP contribution in [0.4, 0.5) is 11.5 Å². The van der Waals surface area contributed by atoms with Gasteiger partial charge in [0.15, 0.2) is 0 Å². The first-order valence-electron chi connectivity index (χ1n) is 8.81. The molecule has 28 heavy (non-hydrogen) atoms. The molecule has 1 heterocycles. The predicted octanol–water partition coefficient (Wildman–Crippen LogP) is 5.20. The summed E-state index contributed by atoms with van der Waals surface area (Å²) in [6, 6.07) is 17.8. The zero-order valence-electron chi connectivity index (χ0n) is 15.7. The Kier molecular flexibility index (Phi) is 7.06. The van der Waals surface area contributed by atoms with E-state index in [4.69, 9.17) is 0 Å². The molecule has 0 aliphatic rings. The largest absolute Gasteiger partial charge is 0.365 e. The molecule has 1 aromatic heterocycles. The van der Waals surface area contributed by atoms with Crippen LogP contribution in [-0.4, -0.2) is 21.9 Å². The molecule has 7 heteroatoms. The van der Waals surface area contributed by atoms with E-state index in [1.54, 1.807) is 0 Å². The van der Waals surface area contributed by atoms with Gasteiger partial charge in [-0.3, -0.25) is 4.79 Å². The number of nitrogens with one attached hydrogen (secondary N) is 2. The first-order valence-corrected chi connectivity index (χ1v) is 10.6. The fraction of sp³-hybridized carbons (Fsp3) is 0.190. The maximum atomic E-state index is 12.1. The van der Waals surface area contributed by atoms with Gasteiger partial charge in [0.2, 0.25) is 5.91 Å². The van der Waals surface area contributed by atoms with Gasteiger partial charge in [0.05, 0.1) is 5.75 Å². The third-order valence-corrected chi connectivity index (χ3v) is 5.84. The van der Waals surface area contributed by atoms with E-state index < -0.39 is 0 Å². The van der Waals surface area contributed by atoms with Crippen LogP contribution in [-0.2, 0) is 11.3 Å². The van der Waals surface area contributed by atoms with Crippen molar-refractivity contribution in [2.75, 3.05) is 16.4 Å². The van der Waals surface area contributed by atoms with Crippen molar-refractivity contribution >= 4 is 45.1 Å². The van der Waals surface area contributed by atoms with E-state index in [0.29, 0.717) is 17.4 Å². The molecule has 0 bridgehead atoms. The van der Waals surface area contributed by atoms with Crippen LogP contribution in [0.15, 0.2) is 64.1 Å². The highest BCUT2D eigenvalue weighted by atomic mass is 79.9. The minimum Gasteiger partial charge on any atom is -0.365 e. The van der Waals surface area contributed by atoms with Crippen LogP contribution in [0.25, 0.3) is 0 Å².